The molecule has 0 bridgehead atoms. The highest BCUT2D eigenvalue weighted by molar-refractivity contribution is 7.10. The summed E-state index contributed by atoms with van der Waals surface area (Å²) in [4.78, 5) is 2.90. The van der Waals surface area contributed by atoms with Crippen LogP contribution in [0.5, 0.6) is 0 Å². The Kier molecular flexibility index (Phi) is 3.79. The zero-order valence-electron chi connectivity index (χ0n) is 9.91. The van der Waals surface area contributed by atoms with Crippen LogP contribution in [0.2, 0.25) is 0 Å². The first kappa shape index (κ1) is 11.8. The van der Waals surface area contributed by atoms with Crippen LogP contribution in [0, 0.1) is 13.8 Å². The Hall–Kier alpha value is -0.640. The van der Waals surface area contributed by atoms with Gasteiger partial charge in [0.2, 0.25) is 0 Å². The Morgan fingerprint density at radius 3 is 2.38 bits per heavy atom. The predicted octanol–water partition coefficient (Wildman–Crippen LogP) is 4.28. The fraction of sp³-hybridized carbons (Fsp3) is 0.385. The van der Waals surface area contributed by atoms with Gasteiger partial charge < -0.3 is 5.32 Å². The van der Waals surface area contributed by atoms with E-state index >= 15 is 0 Å². The highest BCUT2D eigenvalue weighted by Crippen LogP contribution is 2.24. The maximum absolute atomic E-state index is 3.59. The molecular formula is C13H17NS2. The van der Waals surface area contributed by atoms with Crippen molar-refractivity contribution in [3.8, 4) is 0 Å². The normalized spacial score (nSPS) is 12.9. The zero-order valence-corrected chi connectivity index (χ0v) is 11.5. The van der Waals surface area contributed by atoms with E-state index in [4.69, 9.17) is 0 Å². The lowest BCUT2D eigenvalue weighted by molar-refractivity contribution is 0.584. The van der Waals surface area contributed by atoms with Gasteiger partial charge in [-0.25, -0.2) is 0 Å². The highest BCUT2D eigenvalue weighted by atomic mass is 32.1. The summed E-state index contributed by atoms with van der Waals surface area (Å²) in [6, 6.07) is 4.82. The Bertz CT molecular complexity index is 456. The van der Waals surface area contributed by atoms with Crippen LogP contribution in [-0.2, 0) is 6.54 Å². The van der Waals surface area contributed by atoms with Gasteiger partial charge in [-0.3, -0.25) is 0 Å². The van der Waals surface area contributed by atoms with Crippen molar-refractivity contribution in [2.75, 3.05) is 0 Å². The van der Waals surface area contributed by atoms with E-state index in [1.54, 1.807) is 0 Å². The standard InChI is InChI=1S/C13H17NS2/c1-9-4-6-15-12(9)8-14-11(3)13-10(2)5-7-16-13/h4-7,11,14H,8H2,1-3H3. The predicted molar refractivity (Wildman–Crippen MR) is 73.4 cm³/mol. The van der Waals surface area contributed by atoms with Crippen molar-refractivity contribution in [2.24, 2.45) is 0 Å². The number of hydrogen-bond donors (Lipinski definition) is 1. The quantitative estimate of drug-likeness (QED) is 0.855. The highest BCUT2D eigenvalue weighted by Gasteiger charge is 2.09. The number of aryl methyl sites for hydroxylation is 2. The summed E-state index contributed by atoms with van der Waals surface area (Å²) in [5.74, 6) is 0. The molecule has 1 unspecified atom stereocenters. The van der Waals surface area contributed by atoms with Gasteiger partial charge in [0.05, 0.1) is 0 Å². The molecule has 2 rings (SSSR count). The lowest BCUT2D eigenvalue weighted by Gasteiger charge is -2.13. The second-order valence-electron chi connectivity index (χ2n) is 4.10. The maximum Gasteiger partial charge on any atom is 0.0391 e. The summed E-state index contributed by atoms with van der Waals surface area (Å²) in [5, 5.41) is 7.92. The molecule has 0 aromatic carbocycles. The largest absolute Gasteiger partial charge is 0.305 e. The third kappa shape index (κ3) is 2.54. The maximum atomic E-state index is 3.59. The molecule has 1 N–H and O–H groups in total. The topological polar surface area (TPSA) is 12.0 Å². The van der Waals surface area contributed by atoms with Gasteiger partial charge in [-0.15, -0.1) is 22.7 Å². The van der Waals surface area contributed by atoms with E-state index in [9.17, 15) is 0 Å². The molecule has 0 aliphatic carbocycles. The molecule has 3 heteroatoms. The van der Waals surface area contributed by atoms with Crippen LogP contribution < -0.4 is 5.32 Å². The lowest BCUT2D eigenvalue weighted by atomic mass is 10.2. The van der Waals surface area contributed by atoms with Gasteiger partial charge in [-0.2, -0.15) is 0 Å². The average molecular weight is 251 g/mol. The molecule has 0 fully saturated rings. The van der Waals surface area contributed by atoms with Crippen molar-refractivity contribution in [3.05, 3.63) is 43.8 Å². The molecule has 1 atom stereocenters. The van der Waals surface area contributed by atoms with E-state index in [0.29, 0.717) is 6.04 Å². The van der Waals surface area contributed by atoms with Gasteiger partial charge in [0.25, 0.3) is 0 Å². The molecule has 0 saturated heterocycles. The average Bonchev–Trinajstić information content (AvgIpc) is 2.84. The minimum Gasteiger partial charge on any atom is -0.305 e. The van der Waals surface area contributed by atoms with Crippen LogP contribution in [0.1, 0.15) is 33.8 Å². The number of rotatable bonds is 4. The number of nitrogens with one attached hydrogen (secondary N) is 1. The summed E-state index contributed by atoms with van der Waals surface area (Å²) in [6.07, 6.45) is 0. The van der Waals surface area contributed by atoms with E-state index in [0.717, 1.165) is 6.54 Å². The summed E-state index contributed by atoms with van der Waals surface area (Å²) < 4.78 is 0. The summed E-state index contributed by atoms with van der Waals surface area (Å²) in [7, 11) is 0. The minimum atomic E-state index is 0.446. The number of thiophene rings is 2. The van der Waals surface area contributed by atoms with Gasteiger partial charge in [-0.05, 0) is 54.8 Å². The van der Waals surface area contributed by atoms with Crippen molar-refractivity contribution in [1.82, 2.24) is 5.32 Å². The lowest BCUT2D eigenvalue weighted by Crippen LogP contribution is -2.17. The molecule has 0 spiro atoms. The van der Waals surface area contributed by atoms with Gasteiger partial charge in [-0.1, -0.05) is 0 Å². The molecule has 0 amide bonds. The van der Waals surface area contributed by atoms with Crippen molar-refractivity contribution < 1.29 is 0 Å². The molecule has 0 radical (unpaired) electrons. The van der Waals surface area contributed by atoms with E-state index in [2.05, 4.69) is 49.0 Å². The molecule has 0 saturated carbocycles. The fourth-order valence-corrected chi connectivity index (χ4v) is 3.57. The molecule has 0 aliphatic rings. The first-order valence-electron chi connectivity index (χ1n) is 5.49. The minimum absolute atomic E-state index is 0.446. The van der Waals surface area contributed by atoms with Gasteiger partial charge in [0, 0.05) is 22.3 Å². The second kappa shape index (κ2) is 5.13. The van der Waals surface area contributed by atoms with Crippen molar-refractivity contribution >= 4 is 22.7 Å². The van der Waals surface area contributed by atoms with E-state index in [-0.39, 0.29) is 0 Å². The number of hydrogen-bond acceptors (Lipinski definition) is 3. The van der Waals surface area contributed by atoms with Gasteiger partial charge in [0.1, 0.15) is 0 Å². The fourth-order valence-electron chi connectivity index (χ4n) is 1.75. The summed E-state index contributed by atoms with van der Waals surface area (Å²) in [6.45, 7) is 7.57. The molecule has 86 valence electrons. The zero-order chi connectivity index (χ0) is 11.5. The molecule has 2 aromatic rings. The molecule has 16 heavy (non-hydrogen) atoms. The Labute approximate surface area is 105 Å². The first-order chi connectivity index (χ1) is 7.68. The molecule has 0 aliphatic heterocycles. The Morgan fingerprint density at radius 1 is 1.12 bits per heavy atom. The molecule has 1 nitrogen and oxygen atoms in total. The van der Waals surface area contributed by atoms with Crippen molar-refractivity contribution in [1.29, 1.82) is 0 Å². The third-order valence-electron chi connectivity index (χ3n) is 2.83. The van der Waals surface area contributed by atoms with Crippen LogP contribution in [0.15, 0.2) is 22.9 Å². The monoisotopic (exact) mass is 251 g/mol. The second-order valence-corrected chi connectivity index (χ2v) is 6.05. The summed E-state index contributed by atoms with van der Waals surface area (Å²) in [5.41, 5.74) is 2.79. The SMILES string of the molecule is Cc1ccsc1CNC(C)c1sccc1C. The van der Waals surface area contributed by atoms with Crippen LogP contribution in [-0.4, -0.2) is 0 Å². The van der Waals surface area contributed by atoms with Crippen LogP contribution in [0.4, 0.5) is 0 Å². The molecular weight excluding hydrogens is 234 g/mol. The van der Waals surface area contributed by atoms with E-state index < -0.39 is 0 Å². The van der Waals surface area contributed by atoms with Gasteiger partial charge >= 0.3 is 0 Å². The Balaban J connectivity index is 1.97. The molecule has 2 aromatic heterocycles. The smallest absolute Gasteiger partial charge is 0.0391 e. The van der Waals surface area contributed by atoms with Gasteiger partial charge in [0.15, 0.2) is 0 Å². The van der Waals surface area contributed by atoms with Crippen LogP contribution in [0.25, 0.3) is 0 Å². The summed E-state index contributed by atoms with van der Waals surface area (Å²) >= 11 is 3.67. The van der Waals surface area contributed by atoms with Crippen molar-refractivity contribution in [3.63, 3.8) is 0 Å². The van der Waals surface area contributed by atoms with E-state index in [1.165, 1.54) is 20.9 Å². The van der Waals surface area contributed by atoms with Crippen LogP contribution >= 0.6 is 22.7 Å². The molecule has 2 heterocycles. The van der Waals surface area contributed by atoms with Crippen LogP contribution in [0.3, 0.4) is 0 Å². The third-order valence-corrected chi connectivity index (χ3v) is 5.06. The van der Waals surface area contributed by atoms with E-state index in [1.807, 2.05) is 22.7 Å². The van der Waals surface area contributed by atoms with Crippen molar-refractivity contribution in [2.45, 2.75) is 33.4 Å². The first-order valence-corrected chi connectivity index (χ1v) is 7.24. The Morgan fingerprint density at radius 2 is 1.81 bits per heavy atom.